The van der Waals surface area contributed by atoms with Gasteiger partial charge in [-0.1, -0.05) is 6.92 Å². The highest BCUT2D eigenvalue weighted by Crippen LogP contribution is 1.91. The van der Waals surface area contributed by atoms with Crippen molar-refractivity contribution >= 4 is 5.97 Å². The minimum atomic E-state index is -1.02. The summed E-state index contributed by atoms with van der Waals surface area (Å²) in [5, 5.41) is 20.0. The molecule has 1 unspecified atom stereocenters. The summed E-state index contributed by atoms with van der Waals surface area (Å²) in [5.74, 6) is -1.02. The van der Waals surface area contributed by atoms with Crippen LogP contribution in [0.2, 0.25) is 0 Å². The Labute approximate surface area is 59.9 Å². The zero-order valence-electron chi connectivity index (χ0n) is 6.16. The van der Waals surface area contributed by atoms with Crippen molar-refractivity contribution in [3.8, 4) is 0 Å². The molecule has 0 saturated carbocycles. The second-order valence-corrected chi connectivity index (χ2v) is 2.11. The average molecular weight is 147 g/mol. The summed E-state index contributed by atoms with van der Waals surface area (Å²) in [6, 6.07) is -0.843. The van der Waals surface area contributed by atoms with Crippen LogP contribution < -0.4 is 5.32 Å². The molecule has 0 rings (SSSR count). The van der Waals surface area contributed by atoms with Crippen molar-refractivity contribution in [2.75, 3.05) is 6.54 Å². The predicted molar refractivity (Wildman–Crippen MR) is 36.8 cm³/mol. The van der Waals surface area contributed by atoms with Crippen LogP contribution in [0, 0.1) is 0 Å². The van der Waals surface area contributed by atoms with E-state index in [4.69, 9.17) is 10.2 Å². The van der Waals surface area contributed by atoms with Crippen molar-refractivity contribution < 1.29 is 15.0 Å². The molecule has 10 heavy (non-hydrogen) atoms. The third-order valence-corrected chi connectivity index (χ3v) is 1.17. The van der Waals surface area contributed by atoms with E-state index in [-0.39, 0.29) is 0 Å². The molecule has 0 saturated heterocycles. The molecular formula is C6H13NO3. The summed E-state index contributed by atoms with van der Waals surface area (Å²) in [7, 11) is 0. The summed E-state index contributed by atoms with van der Waals surface area (Å²) in [4.78, 5) is 10.3. The van der Waals surface area contributed by atoms with Crippen molar-refractivity contribution in [3.05, 3.63) is 0 Å². The van der Waals surface area contributed by atoms with E-state index in [0.717, 1.165) is 0 Å². The second kappa shape index (κ2) is 4.24. The number of carboxylic acids is 1. The first-order valence-corrected chi connectivity index (χ1v) is 3.23. The number of likely N-dealkylation sites (N-methyl/N-ethyl adjacent to an activating group) is 1. The number of hydrogen-bond acceptors (Lipinski definition) is 3. The molecule has 0 radical (unpaired) electrons. The third-order valence-electron chi connectivity index (χ3n) is 1.17. The van der Waals surface area contributed by atoms with E-state index in [1.807, 2.05) is 0 Å². The van der Waals surface area contributed by atoms with Gasteiger partial charge in [-0.3, -0.25) is 4.79 Å². The first-order chi connectivity index (χ1) is 4.59. The molecule has 4 heteroatoms. The Bertz CT molecular complexity index is 114. The van der Waals surface area contributed by atoms with Gasteiger partial charge in [0.15, 0.2) is 0 Å². The Balaban J connectivity index is 3.85. The highest BCUT2D eigenvalue weighted by Gasteiger charge is 2.20. The van der Waals surface area contributed by atoms with E-state index in [1.165, 1.54) is 6.92 Å². The van der Waals surface area contributed by atoms with Gasteiger partial charge in [0.25, 0.3) is 0 Å². The monoisotopic (exact) mass is 147 g/mol. The van der Waals surface area contributed by atoms with E-state index < -0.39 is 18.1 Å². The molecule has 0 aromatic carbocycles. The minimum absolute atomic E-state index is 0.544. The number of hydrogen-bond donors (Lipinski definition) is 3. The zero-order valence-corrected chi connectivity index (χ0v) is 6.16. The molecule has 0 aromatic rings. The zero-order chi connectivity index (χ0) is 8.15. The molecule has 0 aliphatic carbocycles. The lowest BCUT2D eigenvalue weighted by Gasteiger charge is -2.14. The molecule has 0 spiro atoms. The van der Waals surface area contributed by atoms with Gasteiger partial charge in [0.1, 0.15) is 6.04 Å². The van der Waals surface area contributed by atoms with Crippen LogP contribution in [0.1, 0.15) is 13.8 Å². The van der Waals surface area contributed by atoms with Crippen molar-refractivity contribution in [2.45, 2.75) is 26.0 Å². The molecule has 0 heterocycles. The number of carbonyl (C=O) groups is 1. The van der Waals surface area contributed by atoms with Crippen molar-refractivity contribution in [3.63, 3.8) is 0 Å². The van der Waals surface area contributed by atoms with Crippen LogP contribution >= 0.6 is 0 Å². The number of carboxylic acid groups (broad SMARTS) is 1. The Morgan fingerprint density at radius 2 is 2.20 bits per heavy atom. The maximum absolute atomic E-state index is 10.3. The molecule has 0 amide bonds. The standard InChI is InChI=1S/C6H13NO3/c1-3-7-5(4(2)8)6(9)10/h4-5,7-8H,3H2,1-2H3,(H,9,10)/t4?,5-/m0/s1. The van der Waals surface area contributed by atoms with Gasteiger partial charge in [-0.15, -0.1) is 0 Å². The Morgan fingerprint density at radius 3 is 2.30 bits per heavy atom. The van der Waals surface area contributed by atoms with Crippen molar-refractivity contribution in [1.82, 2.24) is 5.32 Å². The summed E-state index contributed by atoms with van der Waals surface area (Å²) >= 11 is 0. The highest BCUT2D eigenvalue weighted by molar-refractivity contribution is 5.74. The fourth-order valence-corrected chi connectivity index (χ4v) is 0.684. The number of aliphatic carboxylic acids is 1. The molecule has 2 atom stereocenters. The third kappa shape index (κ3) is 2.80. The van der Waals surface area contributed by atoms with Gasteiger partial charge in [-0.2, -0.15) is 0 Å². The smallest absolute Gasteiger partial charge is 0.323 e. The maximum Gasteiger partial charge on any atom is 0.323 e. The first kappa shape index (κ1) is 9.39. The van der Waals surface area contributed by atoms with Gasteiger partial charge in [0.05, 0.1) is 6.10 Å². The fourth-order valence-electron chi connectivity index (χ4n) is 0.684. The SMILES string of the molecule is CCN[C@H](C(=O)O)C(C)O. The first-order valence-electron chi connectivity index (χ1n) is 3.23. The summed E-state index contributed by atoms with van der Waals surface area (Å²) in [6.45, 7) is 3.78. The lowest BCUT2D eigenvalue weighted by atomic mass is 10.2. The van der Waals surface area contributed by atoms with Crippen molar-refractivity contribution in [1.29, 1.82) is 0 Å². The van der Waals surface area contributed by atoms with Gasteiger partial charge in [0, 0.05) is 0 Å². The molecule has 0 aliphatic heterocycles. The molecule has 0 bridgehead atoms. The normalized spacial score (nSPS) is 16.3. The maximum atomic E-state index is 10.3. The number of rotatable bonds is 4. The van der Waals surface area contributed by atoms with E-state index in [9.17, 15) is 4.79 Å². The van der Waals surface area contributed by atoms with Gasteiger partial charge >= 0.3 is 5.97 Å². The summed E-state index contributed by atoms with van der Waals surface area (Å²) < 4.78 is 0. The molecule has 0 fully saturated rings. The Hall–Kier alpha value is -0.610. The second-order valence-electron chi connectivity index (χ2n) is 2.11. The minimum Gasteiger partial charge on any atom is -0.480 e. The van der Waals surface area contributed by atoms with Gasteiger partial charge in [0.2, 0.25) is 0 Å². The predicted octanol–water partition coefficient (Wildman–Crippen LogP) is -0.570. The van der Waals surface area contributed by atoms with Gasteiger partial charge in [-0.25, -0.2) is 0 Å². The van der Waals surface area contributed by atoms with Crippen LogP contribution in [0.4, 0.5) is 0 Å². The lowest BCUT2D eigenvalue weighted by molar-refractivity contribution is -0.142. The van der Waals surface area contributed by atoms with Crippen LogP contribution in [0.15, 0.2) is 0 Å². The summed E-state index contributed by atoms with van der Waals surface area (Å²) in [6.07, 6.45) is -0.850. The Morgan fingerprint density at radius 1 is 1.70 bits per heavy atom. The van der Waals surface area contributed by atoms with Crippen molar-refractivity contribution in [2.24, 2.45) is 0 Å². The highest BCUT2D eigenvalue weighted by atomic mass is 16.4. The van der Waals surface area contributed by atoms with E-state index in [1.54, 1.807) is 6.92 Å². The number of nitrogens with one attached hydrogen (secondary N) is 1. The molecule has 60 valence electrons. The van der Waals surface area contributed by atoms with Crippen LogP contribution in [0.5, 0.6) is 0 Å². The van der Waals surface area contributed by atoms with Crippen LogP contribution in [-0.4, -0.2) is 34.9 Å². The molecule has 4 nitrogen and oxygen atoms in total. The number of aliphatic hydroxyl groups is 1. The van der Waals surface area contributed by atoms with Gasteiger partial charge in [-0.05, 0) is 13.5 Å². The average Bonchev–Trinajstić information content (AvgIpc) is 1.81. The quantitative estimate of drug-likeness (QED) is 0.498. The van der Waals surface area contributed by atoms with E-state index in [0.29, 0.717) is 6.54 Å². The van der Waals surface area contributed by atoms with Gasteiger partial charge < -0.3 is 15.5 Å². The van der Waals surface area contributed by atoms with E-state index in [2.05, 4.69) is 5.32 Å². The topological polar surface area (TPSA) is 69.6 Å². The largest absolute Gasteiger partial charge is 0.480 e. The van der Waals surface area contributed by atoms with Crippen LogP contribution in [-0.2, 0) is 4.79 Å². The molecular weight excluding hydrogens is 134 g/mol. The van der Waals surface area contributed by atoms with Crippen LogP contribution in [0.3, 0.4) is 0 Å². The molecule has 3 N–H and O–H groups in total. The summed E-state index contributed by atoms with van der Waals surface area (Å²) in [5.41, 5.74) is 0. The fraction of sp³-hybridized carbons (Fsp3) is 0.833. The van der Waals surface area contributed by atoms with Crippen LogP contribution in [0.25, 0.3) is 0 Å². The molecule has 0 aliphatic rings. The molecule has 0 aromatic heterocycles. The Kier molecular flexibility index (Phi) is 3.99. The van der Waals surface area contributed by atoms with E-state index >= 15 is 0 Å². The number of aliphatic hydroxyl groups excluding tert-OH is 1. The lowest BCUT2D eigenvalue weighted by Crippen LogP contribution is -2.44.